The van der Waals surface area contributed by atoms with Crippen LogP contribution in [0.5, 0.6) is 5.75 Å². The van der Waals surface area contributed by atoms with Crippen molar-refractivity contribution < 1.29 is 9.53 Å². The molecule has 110 valence electrons. The van der Waals surface area contributed by atoms with Gasteiger partial charge >= 0.3 is 0 Å². The van der Waals surface area contributed by atoms with Crippen LogP contribution in [0.3, 0.4) is 0 Å². The van der Waals surface area contributed by atoms with Crippen LogP contribution in [0.15, 0.2) is 48.5 Å². The molecule has 21 heavy (non-hydrogen) atoms. The van der Waals surface area contributed by atoms with E-state index in [9.17, 15) is 4.79 Å². The van der Waals surface area contributed by atoms with E-state index in [2.05, 4.69) is 5.32 Å². The van der Waals surface area contributed by atoms with Crippen molar-refractivity contribution >= 4 is 29.1 Å². The number of amides is 1. The summed E-state index contributed by atoms with van der Waals surface area (Å²) in [5, 5.41) is 3.80. The lowest BCUT2D eigenvalue weighted by molar-refractivity contribution is -0.123. The van der Waals surface area contributed by atoms with Gasteiger partial charge in [-0.1, -0.05) is 53.5 Å². The fourth-order valence-electron chi connectivity index (χ4n) is 1.87. The van der Waals surface area contributed by atoms with Gasteiger partial charge < -0.3 is 10.1 Å². The van der Waals surface area contributed by atoms with Gasteiger partial charge in [-0.2, -0.15) is 0 Å². The van der Waals surface area contributed by atoms with Crippen LogP contribution in [0.1, 0.15) is 18.5 Å². The van der Waals surface area contributed by atoms with Crippen molar-refractivity contribution in [1.82, 2.24) is 5.32 Å². The molecule has 2 aromatic carbocycles. The van der Waals surface area contributed by atoms with Gasteiger partial charge in [0, 0.05) is 10.0 Å². The van der Waals surface area contributed by atoms with Crippen LogP contribution in [0.4, 0.5) is 0 Å². The van der Waals surface area contributed by atoms with Crippen LogP contribution >= 0.6 is 23.2 Å². The molecule has 0 heterocycles. The molecule has 0 aliphatic carbocycles. The highest BCUT2D eigenvalue weighted by Crippen LogP contribution is 2.24. The smallest absolute Gasteiger partial charge is 0.258 e. The van der Waals surface area contributed by atoms with Gasteiger partial charge in [0.25, 0.3) is 5.91 Å². The molecule has 0 saturated carbocycles. The van der Waals surface area contributed by atoms with Gasteiger partial charge in [-0.05, 0) is 30.7 Å². The Labute approximate surface area is 133 Å². The molecule has 0 radical (unpaired) electrons. The Balaban J connectivity index is 1.87. The third kappa shape index (κ3) is 4.96. The molecule has 3 nitrogen and oxygen atoms in total. The van der Waals surface area contributed by atoms with Crippen molar-refractivity contribution in [3.8, 4) is 5.75 Å². The summed E-state index contributed by atoms with van der Waals surface area (Å²) < 4.78 is 5.39. The van der Waals surface area contributed by atoms with E-state index in [0.29, 0.717) is 15.8 Å². The standard InChI is InChI=1S/C16H15Cl2NO2/c1-11(12-5-3-2-4-6-12)19-16(20)10-21-15-8-13(17)7-14(18)9-15/h2-9,11H,10H2,1H3,(H,19,20)/t11-/m0/s1. The minimum Gasteiger partial charge on any atom is -0.484 e. The van der Waals surface area contributed by atoms with Gasteiger partial charge in [0.15, 0.2) is 6.61 Å². The highest BCUT2D eigenvalue weighted by Gasteiger charge is 2.10. The molecule has 0 unspecified atom stereocenters. The molecule has 2 aromatic rings. The Morgan fingerprint density at radius 2 is 1.76 bits per heavy atom. The molecule has 0 spiro atoms. The molecule has 0 aliphatic heterocycles. The first-order valence-corrected chi connectivity index (χ1v) is 7.23. The second-order valence-electron chi connectivity index (χ2n) is 4.59. The Morgan fingerprint density at radius 3 is 2.38 bits per heavy atom. The van der Waals surface area contributed by atoms with E-state index in [1.165, 1.54) is 0 Å². The van der Waals surface area contributed by atoms with Crippen molar-refractivity contribution in [2.75, 3.05) is 6.61 Å². The number of benzene rings is 2. The van der Waals surface area contributed by atoms with Crippen molar-refractivity contribution in [3.63, 3.8) is 0 Å². The van der Waals surface area contributed by atoms with E-state index in [-0.39, 0.29) is 18.6 Å². The highest BCUT2D eigenvalue weighted by molar-refractivity contribution is 6.34. The summed E-state index contributed by atoms with van der Waals surface area (Å²) in [6, 6.07) is 14.5. The maximum absolute atomic E-state index is 11.9. The molecular weight excluding hydrogens is 309 g/mol. The molecule has 1 N–H and O–H groups in total. The first-order chi connectivity index (χ1) is 10.0. The van der Waals surface area contributed by atoms with Gasteiger partial charge in [0.1, 0.15) is 5.75 Å². The van der Waals surface area contributed by atoms with Crippen LogP contribution in [-0.4, -0.2) is 12.5 Å². The van der Waals surface area contributed by atoms with E-state index < -0.39 is 0 Å². The van der Waals surface area contributed by atoms with E-state index in [1.807, 2.05) is 37.3 Å². The molecule has 2 rings (SSSR count). The van der Waals surface area contributed by atoms with Gasteiger partial charge in [-0.3, -0.25) is 4.79 Å². The van der Waals surface area contributed by atoms with E-state index >= 15 is 0 Å². The first-order valence-electron chi connectivity index (χ1n) is 6.48. The fourth-order valence-corrected chi connectivity index (χ4v) is 2.37. The minimum atomic E-state index is -0.206. The third-order valence-corrected chi connectivity index (χ3v) is 3.32. The zero-order chi connectivity index (χ0) is 15.2. The summed E-state index contributed by atoms with van der Waals surface area (Å²) in [6.07, 6.45) is 0. The van der Waals surface area contributed by atoms with E-state index in [1.54, 1.807) is 18.2 Å². The maximum atomic E-state index is 11.9. The third-order valence-electron chi connectivity index (χ3n) is 2.88. The normalized spacial score (nSPS) is 11.8. The average molecular weight is 324 g/mol. The van der Waals surface area contributed by atoms with Gasteiger partial charge in [-0.25, -0.2) is 0 Å². The monoisotopic (exact) mass is 323 g/mol. The van der Waals surface area contributed by atoms with Crippen LogP contribution in [-0.2, 0) is 4.79 Å². The zero-order valence-corrected chi connectivity index (χ0v) is 13.0. The molecule has 0 aromatic heterocycles. The molecule has 0 aliphatic rings. The minimum absolute atomic E-state index is 0.0785. The van der Waals surface area contributed by atoms with Crippen LogP contribution < -0.4 is 10.1 Å². The zero-order valence-electron chi connectivity index (χ0n) is 11.5. The Morgan fingerprint density at radius 1 is 1.14 bits per heavy atom. The van der Waals surface area contributed by atoms with Crippen molar-refractivity contribution in [2.24, 2.45) is 0 Å². The number of rotatable bonds is 5. The summed E-state index contributed by atoms with van der Waals surface area (Å²) in [4.78, 5) is 11.9. The Bertz CT molecular complexity index is 597. The van der Waals surface area contributed by atoms with E-state index in [0.717, 1.165) is 5.56 Å². The lowest BCUT2D eigenvalue weighted by Gasteiger charge is -2.14. The molecule has 5 heteroatoms. The lowest BCUT2D eigenvalue weighted by atomic mass is 10.1. The number of hydrogen-bond donors (Lipinski definition) is 1. The molecule has 1 atom stereocenters. The number of halogens is 2. The lowest BCUT2D eigenvalue weighted by Crippen LogP contribution is -2.31. The van der Waals surface area contributed by atoms with Crippen LogP contribution in [0, 0.1) is 0 Å². The summed E-state index contributed by atoms with van der Waals surface area (Å²) in [6.45, 7) is 1.83. The summed E-state index contributed by atoms with van der Waals surface area (Å²) in [5.74, 6) is 0.262. The van der Waals surface area contributed by atoms with Gasteiger partial charge in [0.2, 0.25) is 0 Å². The summed E-state index contributed by atoms with van der Waals surface area (Å²) in [7, 11) is 0. The molecule has 0 saturated heterocycles. The largest absolute Gasteiger partial charge is 0.484 e. The van der Waals surface area contributed by atoms with Crippen molar-refractivity contribution in [3.05, 3.63) is 64.1 Å². The van der Waals surface area contributed by atoms with Crippen molar-refractivity contribution in [2.45, 2.75) is 13.0 Å². The highest BCUT2D eigenvalue weighted by atomic mass is 35.5. The Kier molecular flexibility index (Phi) is 5.48. The van der Waals surface area contributed by atoms with Crippen LogP contribution in [0.25, 0.3) is 0 Å². The molecule has 0 bridgehead atoms. The predicted octanol–water partition coefficient (Wildman–Crippen LogP) is 4.25. The predicted molar refractivity (Wildman–Crippen MR) is 85.0 cm³/mol. The summed E-state index contributed by atoms with van der Waals surface area (Å²) >= 11 is 11.7. The second kappa shape index (κ2) is 7.34. The molecular formula is C16H15Cl2NO2. The SMILES string of the molecule is C[C@H](NC(=O)COc1cc(Cl)cc(Cl)c1)c1ccccc1. The summed E-state index contributed by atoms with van der Waals surface area (Å²) in [5.41, 5.74) is 1.04. The first kappa shape index (κ1) is 15.7. The number of ether oxygens (including phenoxy) is 1. The Hall–Kier alpha value is -1.71. The van der Waals surface area contributed by atoms with Gasteiger partial charge in [0.05, 0.1) is 6.04 Å². The molecule has 0 fully saturated rings. The second-order valence-corrected chi connectivity index (χ2v) is 5.47. The van der Waals surface area contributed by atoms with Crippen LogP contribution in [0.2, 0.25) is 10.0 Å². The van der Waals surface area contributed by atoms with E-state index in [4.69, 9.17) is 27.9 Å². The number of carbonyl (C=O) groups excluding carboxylic acids is 1. The average Bonchev–Trinajstić information content (AvgIpc) is 2.45. The quantitative estimate of drug-likeness (QED) is 0.893. The maximum Gasteiger partial charge on any atom is 0.258 e. The fraction of sp³-hybridized carbons (Fsp3) is 0.188. The number of carbonyl (C=O) groups is 1. The number of hydrogen-bond acceptors (Lipinski definition) is 2. The van der Waals surface area contributed by atoms with Gasteiger partial charge in [-0.15, -0.1) is 0 Å². The van der Waals surface area contributed by atoms with Crippen molar-refractivity contribution in [1.29, 1.82) is 0 Å². The number of nitrogens with one attached hydrogen (secondary N) is 1. The topological polar surface area (TPSA) is 38.3 Å². The molecule has 1 amide bonds.